The summed E-state index contributed by atoms with van der Waals surface area (Å²) in [5.41, 5.74) is 6.64. The Balaban J connectivity index is 2.50. The molecule has 2 aromatic rings. The molecule has 5 nitrogen and oxygen atoms in total. The highest BCUT2D eigenvalue weighted by molar-refractivity contribution is 5.46. The highest BCUT2D eigenvalue weighted by Gasteiger charge is 2.05. The fourth-order valence-corrected chi connectivity index (χ4v) is 1.25. The summed E-state index contributed by atoms with van der Waals surface area (Å²) in [6, 6.07) is 9.79. The molecule has 1 aromatic heterocycles. The second-order valence-electron chi connectivity index (χ2n) is 2.99. The van der Waals surface area contributed by atoms with Gasteiger partial charge in [-0.15, -0.1) is 0 Å². The Morgan fingerprint density at radius 3 is 2.53 bits per heavy atom. The van der Waals surface area contributed by atoms with Crippen molar-refractivity contribution in [3.63, 3.8) is 0 Å². The lowest BCUT2D eigenvalue weighted by Crippen LogP contribution is -2.01. The number of aromatic hydroxyl groups is 1. The summed E-state index contributed by atoms with van der Waals surface area (Å²) in [6.07, 6.45) is 0. The number of nitrogens with zero attached hydrogens (tertiary/aromatic N) is 3. The third kappa shape index (κ3) is 1.60. The van der Waals surface area contributed by atoms with Crippen molar-refractivity contribution in [1.82, 2.24) is 9.78 Å². The van der Waals surface area contributed by atoms with Gasteiger partial charge in [0, 0.05) is 6.07 Å². The van der Waals surface area contributed by atoms with E-state index >= 15 is 0 Å². The zero-order valence-electron chi connectivity index (χ0n) is 7.75. The number of rotatable bonds is 1. The number of nitrogen functional groups attached to an aromatic ring is 1. The highest BCUT2D eigenvalue weighted by Crippen LogP contribution is 2.16. The van der Waals surface area contributed by atoms with Gasteiger partial charge in [0.15, 0.2) is 5.69 Å². The van der Waals surface area contributed by atoms with E-state index in [0.29, 0.717) is 11.5 Å². The van der Waals surface area contributed by atoms with Crippen LogP contribution in [0.5, 0.6) is 5.75 Å². The monoisotopic (exact) mass is 200 g/mol. The molecule has 0 amide bonds. The molecule has 1 aromatic carbocycles. The van der Waals surface area contributed by atoms with Crippen LogP contribution in [0.2, 0.25) is 0 Å². The molecule has 74 valence electrons. The molecule has 2 rings (SSSR count). The molecule has 5 heteroatoms. The normalized spacial score (nSPS) is 9.80. The first-order chi connectivity index (χ1) is 7.20. The molecule has 1 heterocycles. The first kappa shape index (κ1) is 9.09. The molecule has 0 radical (unpaired) electrons. The third-order valence-electron chi connectivity index (χ3n) is 1.95. The Labute approximate surface area is 86.0 Å². The Morgan fingerprint density at radius 2 is 2.00 bits per heavy atom. The van der Waals surface area contributed by atoms with Gasteiger partial charge >= 0.3 is 0 Å². The Bertz CT molecular complexity index is 521. The van der Waals surface area contributed by atoms with Gasteiger partial charge in [0.25, 0.3) is 0 Å². The van der Waals surface area contributed by atoms with E-state index in [9.17, 15) is 0 Å². The van der Waals surface area contributed by atoms with Crippen molar-refractivity contribution in [3.8, 4) is 17.5 Å². The molecule has 0 aliphatic rings. The number of phenols is 1. The minimum atomic E-state index is 0.171. The van der Waals surface area contributed by atoms with Crippen LogP contribution >= 0.6 is 0 Å². The van der Waals surface area contributed by atoms with Gasteiger partial charge < -0.3 is 10.8 Å². The van der Waals surface area contributed by atoms with Crippen LogP contribution in [0.3, 0.4) is 0 Å². The summed E-state index contributed by atoms with van der Waals surface area (Å²) >= 11 is 0. The smallest absolute Gasteiger partial charge is 0.165 e. The standard InChI is InChI=1S/C10H8N4O/c11-6-7-5-10(12)14(13-7)8-1-3-9(15)4-2-8/h1-5,15H,12H2. The largest absolute Gasteiger partial charge is 0.508 e. The molecule has 3 N–H and O–H groups in total. The summed E-state index contributed by atoms with van der Waals surface area (Å²) in [7, 11) is 0. The molecule has 0 aliphatic heterocycles. The second-order valence-corrected chi connectivity index (χ2v) is 2.99. The van der Waals surface area contributed by atoms with Crippen molar-refractivity contribution in [2.75, 3.05) is 5.73 Å². The summed E-state index contributed by atoms with van der Waals surface area (Å²) in [5, 5.41) is 21.7. The number of hydrogen-bond donors (Lipinski definition) is 2. The summed E-state index contributed by atoms with van der Waals surface area (Å²) < 4.78 is 1.44. The van der Waals surface area contributed by atoms with Gasteiger partial charge in [-0.05, 0) is 24.3 Å². The maximum absolute atomic E-state index is 9.11. The van der Waals surface area contributed by atoms with E-state index in [1.54, 1.807) is 12.1 Å². The van der Waals surface area contributed by atoms with Crippen molar-refractivity contribution in [3.05, 3.63) is 36.0 Å². The summed E-state index contributed by atoms with van der Waals surface area (Å²) in [6.45, 7) is 0. The molecular formula is C10H8N4O. The molecular weight excluding hydrogens is 192 g/mol. The number of nitrogens with two attached hydrogens (primary N) is 1. The fourth-order valence-electron chi connectivity index (χ4n) is 1.25. The summed E-state index contributed by atoms with van der Waals surface area (Å²) in [4.78, 5) is 0. The second kappa shape index (κ2) is 3.35. The van der Waals surface area contributed by atoms with Crippen LogP contribution in [0, 0.1) is 11.3 Å². The Hall–Kier alpha value is -2.48. The predicted molar refractivity (Wildman–Crippen MR) is 54.4 cm³/mol. The van der Waals surface area contributed by atoms with Crippen LogP contribution in [-0.4, -0.2) is 14.9 Å². The maximum atomic E-state index is 9.11. The number of phenolic OH excluding ortho intramolecular Hbond substituents is 1. The molecule has 0 fully saturated rings. The van der Waals surface area contributed by atoms with Gasteiger partial charge in [-0.25, -0.2) is 4.68 Å². The van der Waals surface area contributed by atoms with E-state index in [2.05, 4.69) is 5.10 Å². The van der Waals surface area contributed by atoms with Crippen LogP contribution < -0.4 is 5.73 Å². The number of benzene rings is 1. The molecule has 0 atom stereocenters. The first-order valence-corrected chi connectivity index (χ1v) is 4.26. The fraction of sp³-hybridized carbons (Fsp3) is 0. The van der Waals surface area contributed by atoms with Crippen molar-refractivity contribution in [2.24, 2.45) is 0 Å². The minimum Gasteiger partial charge on any atom is -0.508 e. The van der Waals surface area contributed by atoms with E-state index in [1.165, 1.54) is 22.9 Å². The Kier molecular flexibility index (Phi) is 2.03. The highest BCUT2D eigenvalue weighted by atomic mass is 16.3. The maximum Gasteiger partial charge on any atom is 0.165 e. The lowest BCUT2D eigenvalue weighted by molar-refractivity contribution is 0.475. The van der Waals surface area contributed by atoms with Crippen LogP contribution in [0.1, 0.15) is 5.69 Å². The molecule has 0 saturated carbocycles. The number of hydrogen-bond acceptors (Lipinski definition) is 4. The Morgan fingerprint density at radius 1 is 1.33 bits per heavy atom. The quantitative estimate of drug-likeness (QED) is 0.719. The van der Waals surface area contributed by atoms with Crippen molar-refractivity contribution >= 4 is 5.82 Å². The van der Waals surface area contributed by atoms with Crippen LogP contribution in [-0.2, 0) is 0 Å². The molecule has 0 bridgehead atoms. The number of anilines is 1. The van der Waals surface area contributed by atoms with E-state index in [0.717, 1.165) is 0 Å². The molecule has 0 unspecified atom stereocenters. The average Bonchev–Trinajstić information content (AvgIpc) is 2.61. The van der Waals surface area contributed by atoms with Gasteiger partial charge in [-0.3, -0.25) is 0 Å². The van der Waals surface area contributed by atoms with Crippen molar-refractivity contribution in [2.45, 2.75) is 0 Å². The molecule has 0 aliphatic carbocycles. The van der Waals surface area contributed by atoms with E-state index in [1.807, 2.05) is 6.07 Å². The van der Waals surface area contributed by atoms with Gasteiger partial charge in [0.1, 0.15) is 17.6 Å². The first-order valence-electron chi connectivity index (χ1n) is 4.26. The lowest BCUT2D eigenvalue weighted by Gasteiger charge is -2.02. The minimum absolute atomic E-state index is 0.171. The third-order valence-corrected chi connectivity index (χ3v) is 1.95. The van der Waals surface area contributed by atoms with Crippen molar-refractivity contribution < 1.29 is 5.11 Å². The average molecular weight is 200 g/mol. The van der Waals surface area contributed by atoms with E-state index in [-0.39, 0.29) is 11.4 Å². The SMILES string of the molecule is N#Cc1cc(N)n(-c2ccc(O)cc2)n1. The van der Waals surface area contributed by atoms with E-state index < -0.39 is 0 Å². The van der Waals surface area contributed by atoms with Crippen molar-refractivity contribution in [1.29, 1.82) is 5.26 Å². The zero-order chi connectivity index (χ0) is 10.8. The predicted octanol–water partition coefficient (Wildman–Crippen LogP) is 1.03. The van der Waals surface area contributed by atoms with Crippen LogP contribution in [0.25, 0.3) is 5.69 Å². The number of aromatic nitrogens is 2. The van der Waals surface area contributed by atoms with Crippen LogP contribution in [0.15, 0.2) is 30.3 Å². The zero-order valence-corrected chi connectivity index (χ0v) is 7.75. The van der Waals surface area contributed by atoms with Gasteiger partial charge in [0.2, 0.25) is 0 Å². The molecule has 0 saturated heterocycles. The van der Waals surface area contributed by atoms with E-state index in [4.69, 9.17) is 16.1 Å². The van der Waals surface area contributed by atoms with Crippen LogP contribution in [0.4, 0.5) is 5.82 Å². The summed E-state index contributed by atoms with van der Waals surface area (Å²) in [5.74, 6) is 0.558. The number of nitriles is 1. The van der Waals surface area contributed by atoms with Gasteiger partial charge in [0.05, 0.1) is 5.69 Å². The van der Waals surface area contributed by atoms with Gasteiger partial charge in [-0.1, -0.05) is 0 Å². The lowest BCUT2D eigenvalue weighted by atomic mass is 10.3. The molecule has 15 heavy (non-hydrogen) atoms. The topological polar surface area (TPSA) is 87.9 Å². The molecule has 0 spiro atoms. The van der Waals surface area contributed by atoms with Gasteiger partial charge in [-0.2, -0.15) is 10.4 Å².